The smallest absolute Gasteiger partial charge is 0.159 e. The molecule has 0 spiro atoms. The molecule has 2 aliphatic carbocycles. The van der Waals surface area contributed by atoms with Gasteiger partial charge in [0.1, 0.15) is 0 Å². The van der Waals surface area contributed by atoms with Gasteiger partial charge in [-0.15, -0.1) is 0 Å². The lowest BCUT2D eigenvalue weighted by molar-refractivity contribution is 0.114. The molecule has 2 saturated carbocycles. The van der Waals surface area contributed by atoms with Gasteiger partial charge < -0.3 is 0 Å². The quantitative estimate of drug-likeness (QED) is 0.518. The third-order valence-electron chi connectivity index (χ3n) is 7.05. The van der Waals surface area contributed by atoms with Crippen LogP contribution in [0.5, 0.6) is 0 Å². The lowest BCUT2D eigenvalue weighted by Crippen LogP contribution is -2.30. The Morgan fingerprint density at radius 2 is 1.48 bits per heavy atom. The first-order valence-electron chi connectivity index (χ1n) is 10.7. The highest BCUT2D eigenvalue weighted by Gasteiger charge is 2.35. The fourth-order valence-electron chi connectivity index (χ4n) is 5.58. The third kappa shape index (κ3) is 4.10. The maximum Gasteiger partial charge on any atom is 0.159 e. The molecule has 4 atom stereocenters. The number of hydrogen-bond donors (Lipinski definition) is 0. The fraction of sp³-hybridized carbons (Fsp3) is 0.520. The van der Waals surface area contributed by atoms with E-state index in [1.807, 2.05) is 0 Å². The molecule has 0 N–H and O–H groups in total. The Balaban J connectivity index is 1.42. The molecule has 0 nitrogen and oxygen atoms in total. The zero-order valence-corrected chi connectivity index (χ0v) is 16.3. The Hall–Kier alpha value is -1.70. The van der Waals surface area contributed by atoms with Crippen molar-refractivity contribution in [1.82, 2.24) is 0 Å². The first-order valence-corrected chi connectivity index (χ1v) is 10.7. The van der Waals surface area contributed by atoms with E-state index in [-0.39, 0.29) is 0 Å². The molecule has 2 unspecified atom stereocenters. The van der Waals surface area contributed by atoms with Gasteiger partial charge in [-0.3, -0.25) is 0 Å². The zero-order chi connectivity index (χ0) is 18.8. The van der Waals surface area contributed by atoms with Crippen LogP contribution in [-0.2, 0) is 0 Å². The minimum atomic E-state index is -0.791. The number of fused-ring (bicyclic) bond motifs is 1. The van der Waals surface area contributed by atoms with Crippen LogP contribution < -0.4 is 0 Å². The van der Waals surface area contributed by atoms with E-state index in [9.17, 15) is 8.78 Å². The van der Waals surface area contributed by atoms with Crippen molar-refractivity contribution < 1.29 is 8.78 Å². The molecule has 0 bridgehead atoms. The van der Waals surface area contributed by atoms with Crippen molar-refractivity contribution in [1.29, 1.82) is 0 Å². The van der Waals surface area contributed by atoms with Crippen LogP contribution in [0.1, 0.15) is 69.8 Å². The number of rotatable bonds is 4. The Morgan fingerprint density at radius 3 is 2.22 bits per heavy atom. The third-order valence-corrected chi connectivity index (χ3v) is 7.05. The van der Waals surface area contributed by atoms with Gasteiger partial charge in [-0.2, -0.15) is 0 Å². The lowest BCUT2D eigenvalue weighted by atomic mass is 9.63. The summed E-state index contributed by atoms with van der Waals surface area (Å²) >= 11 is 0. The maximum atomic E-state index is 13.5. The number of halogens is 2. The van der Waals surface area contributed by atoms with E-state index in [0.29, 0.717) is 5.92 Å². The van der Waals surface area contributed by atoms with E-state index in [4.69, 9.17) is 0 Å². The van der Waals surface area contributed by atoms with E-state index in [2.05, 4.69) is 31.2 Å². The number of hydrogen-bond acceptors (Lipinski definition) is 0. The SMILES string of the molecule is CCCC1CC[C@@H]2C[C@H](c3ccc(-c4ccc(F)c(F)c4)cc3)CCC2C1. The second-order valence-electron chi connectivity index (χ2n) is 8.75. The first-order chi connectivity index (χ1) is 13.1. The molecule has 0 amide bonds. The van der Waals surface area contributed by atoms with Crippen molar-refractivity contribution in [3.63, 3.8) is 0 Å². The van der Waals surface area contributed by atoms with Crippen LogP contribution in [0.25, 0.3) is 11.1 Å². The molecule has 144 valence electrons. The van der Waals surface area contributed by atoms with Crippen LogP contribution in [0, 0.1) is 29.4 Å². The first kappa shape index (κ1) is 18.7. The summed E-state index contributed by atoms with van der Waals surface area (Å²) in [4.78, 5) is 0. The van der Waals surface area contributed by atoms with E-state index < -0.39 is 11.6 Å². The number of benzene rings is 2. The monoisotopic (exact) mass is 368 g/mol. The highest BCUT2D eigenvalue weighted by molar-refractivity contribution is 5.63. The Morgan fingerprint density at radius 1 is 0.778 bits per heavy atom. The standard InChI is InChI=1S/C25H30F2/c1-2-3-17-4-5-22-15-21(11-10-20(22)14-17)18-6-8-19(9-7-18)23-12-13-24(26)25(27)16-23/h6-9,12-13,16-17,20-22H,2-5,10-11,14-15H2,1H3/t17?,20?,21-,22-/m1/s1. The second-order valence-corrected chi connectivity index (χ2v) is 8.75. The summed E-state index contributed by atoms with van der Waals surface area (Å²) in [6, 6.07) is 12.7. The molecule has 4 rings (SSSR count). The normalized spacial score (nSPS) is 28.0. The molecule has 0 radical (unpaired) electrons. The summed E-state index contributed by atoms with van der Waals surface area (Å²) < 4.78 is 26.6. The fourth-order valence-corrected chi connectivity index (χ4v) is 5.58. The molecule has 2 fully saturated rings. The van der Waals surface area contributed by atoms with Gasteiger partial charge in [-0.1, -0.05) is 56.5 Å². The van der Waals surface area contributed by atoms with Crippen molar-refractivity contribution in [2.24, 2.45) is 17.8 Å². The van der Waals surface area contributed by atoms with Crippen LogP contribution in [0.4, 0.5) is 8.78 Å². The lowest BCUT2D eigenvalue weighted by Gasteiger charge is -2.42. The Bertz CT molecular complexity index is 764. The molecule has 2 aliphatic rings. The molecule has 2 aromatic rings. The topological polar surface area (TPSA) is 0 Å². The average Bonchev–Trinajstić information content (AvgIpc) is 2.70. The molecular formula is C25H30F2. The van der Waals surface area contributed by atoms with Gasteiger partial charge in [-0.05, 0) is 84.6 Å². The molecule has 0 aliphatic heterocycles. The van der Waals surface area contributed by atoms with Gasteiger partial charge in [-0.25, -0.2) is 8.78 Å². The predicted molar refractivity (Wildman–Crippen MR) is 108 cm³/mol. The Labute approximate surface area is 162 Å². The van der Waals surface area contributed by atoms with Crippen molar-refractivity contribution in [2.75, 3.05) is 0 Å². The van der Waals surface area contributed by atoms with Crippen LogP contribution in [-0.4, -0.2) is 0 Å². The molecule has 0 saturated heterocycles. The zero-order valence-electron chi connectivity index (χ0n) is 16.3. The van der Waals surface area contributed by atoms with Crippen molar-refractivity contribution in [3.8, 4) is 11.1 Å². The van der Waals surface area contributed by atoms with Crippen molar-refractivity contribution >= 4 is 0 Å². The predicted octanol–water partition coefficient (Wildman–Crippen LogP) is 7.73. The molecule has 0 heterocycles. The van der Waals surface area contributed by atoms with Crippen LogP contribution in [0.2, 0.25) is 0 Å². The summed E-state index contributed by atoms with van der Waals surface area (Å²) in [7, 11) is 0. The highest BCUT2D eigenvalue weighted by atomic mass is 19.2. The molecule has 27 heavy (non-hydrogen) atoms. The second kappa shape index (κ2) is 8.12. The summed E-state index contributed by atoms with van der Waals surface area (Å²) in [5, 5.41) is 0. The minimum Gasteiger partial charge on any atom is -0.204 e. The molecule has 2 aromatic carbocycles. The highest BCUT2D eigenvalue weighted by Crippen LogP contribution is 2.48. The van der Waals surface area contributed by atoms with Crippen molar-refractivity contribution in [2.45, 2.75) is 64.2 Å². The van der Waals surface area contributed by atoms with Crippen LogP contribution in [0.15, 0.2) is 42.5 Å². The van der Waals surface area contributed by atoms with Gasteiger partial charge >= 0.3 is 0 Å². The summed E-state index contributed by atoms with van der Waals surface area (Å²) in [5.74, 6) is 1.92. The van der Waals surface area contributed by atoms with Gasteiger partial charge in [0, 0.05) is 0 Å². The summed E-state index contributed by atoms with van der Waals surface area (Å²) in [6.07, 6.45) is 11.0. The maximum absolute atomic E-state index is 13.5. The summed E-state index contributed by atoms with van der Waals surface area (Å²) in [6.45, 7) is 2.31. The largest absolute Gasteiger partial charge is 0.204 e. The van der Waals surface area contributed by atoms with Crippen molar-refractivity contribution in [3.05, 3.63) is 59.7 Å². The van der Waals surface area contributed by atoms with E-state index in [1.54, 1.807) is 6.07 Å². The van der Waals surface area contributed by atoms with Gasteiger partial charge in [0.05, 0.1) is 0 Å². The van der Waals surface area contributed by atoms with Gasteiger partial charge in [0.15, 0.2) is 11.6 Å². The van der Waals surface area contributed by atoms with E-state index >= 15 is 0 Å². The van der Waals surface area contributed by atoms with Gasteiger partial charge in [0.2, 0.25) is 0 Å². The molecule has 0 aromatic heterocycles. The van der Waals surface area contributed by atoms with Gasteiger partial charge in [0.25, 0.3) is 0 Å². The molecule has 2 heteroatoms. The minimum absolute atomic E-state index is 0.660. The summed E-state index contributed by atoms with van der Waals surface area (Å²) in [5.41, 5.74) is 3.10. The van der Waals surface area contributed by atoms with E-state index in [1.165, 1.54) is 69.1 Å². The van der Waals surface area contributed by atoms with Crippen LogP contribution in [0.3, 0.4) is 0 Å². The average molecular weight is 369 g/mol. The van der Waals surface area contributed by atoms with Crippen LogP contribution >= 0.6 is 0 Å². The molecular weight excluding hydrogens is 338 g/mol. The van der Waals surface area contributed by atoms with E-state index in [0.717, 1.165) is 28.9 Å². The Kier molecular flexibility index (Phi) is 5.61.